The van der Waals surface area contributed by atoms with E-state index in [1.54, 1.807) is 17.7 Å². The average Bonchev–Trinajstić information content (AvgIpc) is 2.86. The van der Waals surface area contributed by atoms with Gasteiger partial charge in [-0.2, -0.15) is 0 Å². The summed E-state index contributed by atoms with van der Waals surface area (Å²) in [5.41, 5.74) is 1.36. The lowest BCUT2D eigenvalue weighted by Gasteiger charge is -2.12. The fraction of sp³-hybridized carbons (Fsp3) is 0.294. The molecule has 1 aromatic carbocycles. The molecule has 3 N–H and O–H groups in total. The summed E-state index contributed by atoms with van der Waals surface area (Å²) in [6.07, 6.45) is 0. The highest BCUT2D eigenvalue weighted by atomic mass is 127. The van der Waals surface area contributed by atoms with Crippen LogP contribution in [0.1, 0.15) is 12.6 Å². The molecule has 148 valence electrons. The van der Waals surface area contributed by atoms with Gasteiger partial charge in [0.15, 0.2) is 5.96 Å². The van der Waals surface area contributed by atoms with E-state index in [0.29, 0.717) is 34.9 Å². The fourth-order valence-corrected chi connectivity index (χ4v) is 2.56. The number of hydrogen-bond donors (Lipinski definition) is 3. The summed E-state index contributed by atoms with van der Waals surface area (Å²) in [4.78, 5) is 16.4. The molecule has 0 aliphatic rings. The summed E-state index contributed by atoms with van der Waals surface area (Å²) in [6, 6.07) is 7.30. The molecule has 2 rings (SSSR count). The van der Waals surface area contributed by atoms with Gasteiger partial charge in [0.2, 0.25) is 5.91 Å². The molecule has 0 saturated carbocycles. The van der Waals surface area contributed by atoms with Gasteiger partial charge in [-0.05, 0) is 37.3 Å². The number of nitrogens with one attached hydrogen (secondary N) is 3. The molecule has 0 aliphatic heterocycles. The Labute approximate surface area is 184 Å². The first-order chi connectivity index (χ1) is 12.4. The van der Waals surface area contributed by atoms with Gasteiger partial charge in [-0.15, -0.1) is 24.0 Å². The van der Waals surface area contributed by atoms with Gasteiger partial charge in [0.1, 0.15) is 11.0 Å². The van der Waals surface area contributed by atoms with Crippen LogP contribution in [0.4, 0.5) is 10.1 Å². The number of benzene rings is 1. The van der Waals surface area contributed by atoms with Gasteiger partial charge in [-0.1, -0.05) is 23.2 Å². The van der Waals surface area contributed by atoms with Crippen molar-refractivity contribution in [2.75, 3.05) is 18.4 Å². The van der Waals surface area contributed by atoms with Gasteiger partial charge < -0.3 is 20.5 Å². The molecule has 0 bridgehead atoms. The van der Waals surface area contributed by atoms with Crippen LogP contribution in [0.15, 0.2) is 35.3 Å². The number of carbonyl (C=O) groups excluding carboxylic acids is 1. The van der Waals surface area contributed by atoms with Crippen molar-refractivity contribution in [2.45, 2.75) is 13.5 Å². The van der Waals surface area contributed by atoms with Crippen LogP contribution < -0.4 is 16.0 Å². The predicted octanol–water partition coefficient (Wildman–Crippen LogP) is 3.78. The van der Waals surface area contributed by atoms with Crippen molar-refractivity contribution in [3.05, 3.63) is 52.0 Å². The molecule has 0 aliphatic carbocycles. The minimum atomic E-state index is -0.358. The Morgan fingerprint density at radius 1 is 1.22 bits per heavy atom. The molecule has 2 aromatic rings. The van der Waals surface area contributed by atoms with E-state index in [2.05, 4.69) is 20.9 Å². The van der Waals surface area contributed by atoms with Crippen molar-refractivity contribution in [1.29, 1.82) is 0 Å². The van der Waals surface area contributed by atoms with Crippen LogP contribution in [0.2, 0.25) is 10.2 Å². The fourth-order valence-electron chi connectivity index (χ4n) is 2.14. The van der Waals surface area contributed by atoms with Crippen LogP contribution in [0.3, 0.4) is 0 Å². The van der Waals surface area contributed by atoms with Crippen LogP contribution >= 0.6 is 47.2 Å². The molecule has 6 nitrogen and oxygen atoms in total. The number of rotatable bonds is 6. The number of guanidine groups is 1. The van der Waals surface area contributed by atoms with E-state index in [-0.39, 0.29) is 42.2 Å². The van der Waals surface area contributed by atoms with Crippen LogP contribution in [0.5, 0.6) is 0 Å². The summed E-state index contributed by atoms with van der Waals surface area (Å²) < 4.78 is 14.6. The van der Waals surface area contributed by atoms with Crippen molar-refractivity contribution in [1.82, 2.24) is 15.2 Å². The predicted molar refractivity (Wildman–Crippen MR) is 119 cm³/mol. The van der Waals surface area contributed by atoms with E-state index in [1.807, 2.05) is 6.92 Å². The monoisotopic (exact) mass is 527 g/mol. The highest BCUT2D eigenvalue weighted by Crippen LogP contribution is 2.25. The Kier molecular flexibility index (Phi) is 9.89. The van der Waals surface area contributed by atoms with Crippen LogP contribution in [-0.2, 0) is 18.4 Å². The van der Waals surface area contributed by atoms with Crippen LogP contribution in [-0.4, -0.2) is 29.5 Å². The first-order valence-corrected chi connectivity index (χ1v) is 8.73. The highest BCUT2D eigenvalue weighted by molar-refractivity contribution is 14.0. The Balaban J connectivity index is 0.00000364. The van der Waals surface area contributed by atoms with E-state index >= 15 is 0 Å². The second kappa shape index (κ2) is 11.4. The van der Waals surface area contributed by atoms with Gasteiger partial charge in [0, 0.05) is 25.0 Å². The number of anilines is 1. The average molecular weight is 528 g/mol. The molecule has 10 heteroatoms. The third-order valence-corrected chi connectivity index (χ3v) is 4.35. The maximum Gasteiger partial charge on any atom is 0.243 e. The Morgan fingerprint density at radius 3 is 2.44 bits per heavy atom. The topological polar surface area (TPSA) is 70.5 Å². The zero-order valence-corrected chi connectivity index (χ0v) is 18.7. The molecule has 0 atom stereocenters. The molecule has 0 unspecified atom stereocenters. The third-order valence-electron chi connectivity index (χ3n) is 3.50. The SMILES string of the molecule is CCNC(=NCc1cc(Cl)c(Cl)n1C)NCC(=O)Nc1ccc(F)cc1.I. The Hall–Kier alpha value is -1.52. The van der Waals surface area contributed by atoms with Gasteiger partial charge in [-0.25, -0.2) is 9.38 Å². The second-order valence-electron chi connectivity index (χ2n) is 5.44. The number of carbonyl (C=O) groups is 1. The minimum Gasteiger partial charge on any atom is -0.357 e. The summed E-state index contributed by atoms with van der Waals surface area (Å²) >= 11 is 12.0. The van der Waals surface area contributed by atoms with E-state index in [4.69, 9.17) is 23.2 Å². The first kappa shape index (κ1) is 23.5. The number of aliphatic imine (C=N–C) groups is 1. The Morgan fingerprint density at radius 2 is 1.89 bits per heavy atom. The number of amides is 1. The maximum atomic E-state index is 12.9. The van der Waals surface area contributed by atoms with E-state index in [9.17, 15) is 9.18 Å². The lowest BCUT2D eigenvalue weighted by Crippen LogP contribution is -2.41. The summed E-state index contributed by atoms with van der Waals surface area (Å²) in [5.74, 6) is -0.147. The number of hydrogen-bond acceptors (Lipinski definition) is 2. The minimum absolute atomic E-state index is 0. The molecular formula is C17H21Cl2FIN5O. The maximum absolute atomic E-state index is 12.9. The molecular weight excluding hydrogens is 507 g/mol. The molecule has 1 aromatic heterocycles. The molecule has 1 amide bonds. The standard InChI is InChI=1S/C17H20Cl2FN5O.HI/c1-3-21-17(22-9-13-8-14(18)16(19)25(13)2)23-10-15(26)24-12-6-4-11(20)5-7-12;/h4-8H,3,9-10H2,1-2H3,(H,24,26)(H2,21,22,23);1H. The van der Waals surface area contributed by atoms with Crippen molar-refractivity contribution in [2.24, 2.45) is 12.0 Å². The van der Waals surface area contributed by atoms with Crippen molar-refractivity contribution in [3.8, 4) is 0 Å². The van der Waals surface area contributed by atoms with Gasteiger partial charge in [0.05, 0.1) is 18.1 Å². The highest BCUT2D eigenvalue weighted by Gasteiger charge is 2.09. The third kappa shape index (κ3) is 7.19. The van der Waals surface area contributed by atoms with Gasteiger partial charge in [-0.3, -0.25) is 4.79 Å². The van der Waals surface area contributed by atoms with Crippen LogP contribution in [0.25, 0.3) is 0 Å². The molecule has 0 radical (unpaired) electrons. The lowest BCUT2D eigenvalue weighted by atomic mass is 10.3. The normalized spacial score (nSPS) is 10.9. The zero-order valence-electron chi connectivity index (χ0n) is 14.9. The number of aromatic nitrogens is 1. The van der Waals surface area contributed by atoms with Crippen LogP contribution in [0, 0.1) is 5.82 Å². The largest absolute Gasteiger partial charge is 0.357 e. The van der Waals surface area contributed by atoms with E-state index in [1.165, 1.54) is 24.3 Å². The summed E-state index contributed by atoms with van der Waals surface area (Å²) in [6.45, 7) is 2.92. The molecule has 27 heavy (non-hydrogen) atoms. The molecule has 0 fully saturated rings. The van der Waals surface area contributed by atoms with Crippen molar-refractivity contribution < 1.29 is 9.18 Å². The van der Waals surface area contributed by atoms with Gasteiger partial charge in [0.25, 0.3) is 0 Å². The Bertz CT molecular complexity index is 795. The summed E-state index contributed by atoms with van der Waals surface area (Å²) in [7, 11) is 1.80. The van der Waals surface area contributed by atoms with Crippen molar-refractivity contribution in [3.63, 3.8) is 0 Å². The molecule has 0 saturated heterocycles. The quantitative estimate of drug-likeness (QED) is 0.304. The molecule has 1 heterocycles. The smallest absolute Gasteiger partial charge is 0.243 e. The number of nitrogens with zero attached hydrogens (tertiary/aromatic N) is 2. The van der Waals surface area contributed by atoms with E-state index < -0.39 is 0 Å². The summed E-state index contributed by atoms with van der Waals surface area (Å²) in [5, 5.41) is 9.59. The lowest BCUT2D eigenvalue weighted by molar-refractivity contribution is -0.115. The van der Waals surface area contributed by atoms with Gasteiger partial charge >= 0.3 is 0 Å². The second-order valence-corrected chi connectivity index (χ2v) is 6.20. The van der Waals surface area contributed by atoms with Crippen molar-refractivity contribution >= 4 is 64.7 Å². The molecule has 0 spiro atoms. The first-order valence-electron chi connectivity index (χ1n) is 7.98. The zero-order chi connectivity index (χ0) is 19.1. The number of halogens is 4. The van der Waals surface area contributed by atoms with E-state index in [0.717, 1.165) is 5.69 Å².